The van der Waals surface area contributed by atoms with E-state index >= 15 is 0 Å². The number of thiazole rings is 1. The lowest BCUT2D eigenvalue weighted by Gasteiger charge is -2.37. The Morgan fingerprint density at radius 3 is 2.26 bits per heavy atom. The summed E-state index contributed by atoms with van der Waals surface area (Å²) in [7, 11) is 1.65. The molecule has 42 heavy (non-hydrogen) atoms. The molecule has 8 nitrogen and oxygen atoms in total. The van der Waals surface area contributed by atoms with Crippen molar-refractivity contribution in [3.05, 3.63) is 117 Å². The van der Waals surface area contributed by atoms with Crippen LogP contribution in [0.1, 0.15) is 35.8 Å². The summed E-state index contributed by atoms with van der Waals surface area (Å²) in [4.78, 5) is 22.7. The van der Waals surface area contributed by atoms with Crippen LogP contribution < -0.4 is 14.9 Å². The van der Waals surface area contributed by atoms with Crippen LogP contribution in [-0.2, 0) is 10.3 Å². The standard InChI is InChI=1S/C32H30N4O4S2/c1-39-24-16-14-23(15-17-24)32(21-8-4-2-5-9-21,22-10-6-3-7-11-22)35-30-33-18-25-28(34-30)36(31(38)42-25)26-19-41-29(40-26)27(37)20-12-13-20/h2-11,14-18,20,26-27,29,37H,12-13,19H2,1H3,(H,33,34,35)/t26-,27?,29+/m1/s1. The summed E-state index contributed by atoms with van der Waals surface area (Å²) in [5, 5.41) is 14.3. The number of thioether (sulfide) groups is 1. The van der Waals surface area contributed by atoms with Gasteiger partial charge in [0, 0.05) is 5.75 Å². The third kappa shape index (κ3) is 4.88. The molecule has 1 unspecified atom stereocenters. The molecule has 1 saturated heterocycles. The number of methoxy groups -OCH3 is 1. The molecule has 2 N–H and O–H groups in total. The number of hydrogen-bond donors (Lipinski definition) is 2. The molecule has 0 amide bonds. The molecule has 1 saturated carbocycles. The van der Waals surface area contributed by atoms with Crippen molar-refractivity contribution in [2.75, 3.05) is 18.2 Å². The molecule has 1 aliphatic carbocycles. The Balaban J connectivity index is 1.33. The maximum Gasteiger partial charge on any atom is 0.311 e. The fourth-order valence-corrected chi connectivity index (χ4v) is 7.68. The second kappa shape index (κ2) is 11.2. The Morgan fingerprint density at radius 2 is 1.64 bits per heavy atom. The molecule has 10 heteroatoms. The minimum Gasteiger partial charge on any atom is -0.497 e. The molecule has 2 fully saturated rings. The maximum absolute atomic E-state index is 13.2. The van der Waals surface area contributed by atoms with E-state index in [1.807, 2.05) is 60.7 Å². The largest absolute Gasteiger partial charge is 0.497 e. The molecule has 3 atom stereocenters. The first-order valence-corrected chi connectivity index (χ1v) is 15.8. The number of hydrogen-bond acceptors (Lipinski definition) is 9. The van der Waals surface area contributed by atoms with Crippen LogP contribution in [0.15, 0.2) is 95.9 Å². The SMILES string of the molecule is COc1ccc(C(Nc2ncc3sc(=O)n([C@H]4CS[C@@H](C(O)C5CC5)O4)c3n2)(c2ccccc2)c2ccccc2)cc1. The highest BCUT2D eigenvalue weighted by atomic mass is 32.2. The number of aliphatic hydroxyl groups excluding tert-OH is 1. The second-order valence-corrected chi connectivity index (χ2v) is 12.7. The quantitative estimate of drug-likeness (QED) is 0.211. The highest BCUT2D eigenvalue weighted by Gasteiger charge is 2.42. The van der Waals surface area contributed by atoms with E-state index in [1.165, 1.54) is 0 Å². The van der Waals surface area contributed by atoms with Crippen LogP contribution in [-0.4, -0.2) is 44.0 Å². The zero-order valence-corrected chi connectivity index (χ0v) is 24.6. The third-order valence-corrected chi connectivity index (χ3v) is 10.0. The molecule has 2 aliphatic rings. The fraction of sp³-hybridized carbons (Fsp3) is 0.281. The van der Waals surface area contributed by atoms with Gasteiger partial charge in [-0.1, -0.05) is 84.1 Å². The van der Waals surface area contributed by atoms with Gasteiger partial charge in [-0.2, -0.15) is 4.98 Å². The van der Waals surface area contributed by atoms with Crippen LogP contribution >= 0.6 is 23.1 Å². The number of aliphatic hydroxyl groups is 1. The van der Waals surface area contributed by atoms with E-state index in [9.17, 15) is 9.90 Å². The lowest BCUT2D eigenvalue weighted by molar-refractivity contribution is -0.0440. The average Bonchev–Trinajstić information content (AvgIpc) is 3.69. The van der Waals surface area contributed by atoms with Gasteiger partial charge in [0.2, 0.25) is 5.95 Å². The zero-order chi connectivity index (χ0) is 28.7. The summed E-state index contributed by atoms with van der Waals surface area (Å²) in [6.07, 6.45) is 2.71. The second-order valence-electron chi connectivity index (χ2n) is 10.6. The number of aromatic nitrogens is 3. The van der Waals surface area contributed by atoms with E-state index in [0.717, 1.165) is 46.6 Å². The van der Waals surface area contributed by atoms with E-state index in [4.69, 9.17) is 14.5 Å². The maximum atomic E-state index is 13.2. The van der Waals surface area contributed by atoms with Crippen molar-refractivity contribution in [3.8, 4) is 5.75 Å². The van der Waals surface area contributed by atoms with Crippen molar-refractivity contribution < 1.29 is 14.6 Å². The normalized spacial score (nSPS) is 19.6. The third-order valence-electron chi connectivity index (χ3n) is 7.96. The summed E-state index contributed by atoms with van der Waals surface area (Å²) in [5.74, 6) is 1.99. The molecule has 2 aromatic heterocycles. The van der Waals surface area contributed by atoms with Crippen molar-refractivity contribution in [1.29, 1.82) is 0 Å². The van der Waals surface area contributed by atoms with Crippen molar-refractivity contribution in [3.63, 3.8) is 0 Å². The number of rotatable bonds is 9. The van der Waals surface area contributed by atoms with Crippen molar-refractivity contribution in [2.45, 2.75) is 36.1 Å². The van der Waals surface area contributed by atoms with E-state index in [-0.39, 0.29) is 16.2 Å². The van der Waals surface area contributed by atoms with Gasteiger partial charge in [-0.05, 0) is 47.6 Å². The molecule has 214 valence electrons. The van der Waals surface area contributed by atoms with Crippen LogP contribution in [0.3, 0.4) is 0 Å². The first kappa shape index (κ1) is 27.2. The molecule has 3 aromatic carbocycles. The number of benzene rings is 3. The molecule has 7 rings (SSSR count). The van der Waals surface area contributed by atoms with Crippen molar-refractivity contribution in [1.82, 2.24) is 14.5 Å². The lowest BCUT2D eigenvalue weighted by atomic mass is 9.77. The van der Waals surface area contributed by atoms with Crippen LogP contribution in [0, 0.1) is 5.92 Å². The van der Waals surface area contributed by atoms with Gasteiger partial charge in [-0.15, -0.1) is 11.8 Å². The summed E-state index contributed by atoms with van der Waals surface area (Å²) in [6.45, 7) is 0. The fourth-order valence-electron chi connectivity index (χ4n) is 5.64. The van der Waals surface area contributed by atoms with Gasteiger partial charge in [0.05, 0.1) is 24.1 Å². The Labute approximate surface area is 251 Å². The predicted octanol–water partition coefficient (Wildman–Crippen LogP) is 5.62. The van der Waals surface area contributed by atoms with E-state index in [0.29, 0.717) is 22.0 Å². The van der Waals surface area contributed by atoms with Gasteiger partial charge in [0.1, 0.15) is 23.0 Å². The van der Waals surface area contributed by atoms with Crippen LogP contribution in [0.25, 0.3) is 10.3 Å². The summed E-state index contributed by atoms with van der Waals surface area (Å²) in [5.41, 5.74) is 2.28. The van der Waals surface area contributed by atoms with E-state index in [1.54, 1.807) is 29.6 Å². The van der Waals surface area contributed by atoms with Crippen molar-refractivity contribution in [2.24, 2.45) is 5.92 Å². The van der Waals surface area contributed by atoms with E-state index in [2.05, 4.69) is 34.6 Å². The first-order valence-electron chi connectivity index (χ1n) is 13.9. The molecule has 5 aromatic rings. The van der Waals surface area contributed by atoms with Crippen LogP contribution in [0.2, 0.25) is 0 Å². The van der Waals surface area contributed by atoms with Gasteiger partial charge < -0.3 is 19.9 Å². The smallest absolute Gasteiger partial charge is 0.311 e. The topological polar surface area (TPSA) is 98.5 Å². The zero-order valence-electron chi connectivity index (χ0n) is 22.9. The highest BCUT2D eigenvalue weighted by Crippen LogP contribution is 2.43. The van der Waals surface area contributed by atoms with Gasteiger partial charge in [0.15, 0.2) is 5.65 Å². The Morgan fingerprint density at radius 1 is 1.00 bits per heavy atom. The molecule has 1 aliphatic heterocycles. The Kier molecular flexibility index (Phi) is 7.23. The van der Waals surface area contributed by atoms with Crippen molar-refractivity contribution >= 4 is 39.4 Å². The minimum absolute atomic E-state index is 0.156. The number of nitrogens with zero attached hydrogens (tertiary/aromatic N) is 3. The van der Waals surface area contributed by atoms with Gasteiger partial charge >= 0.3 is 4.87 Å². The predicted molar refractivity (Wildman–Crippen MR) is 166 cm³/mol. The van der Waals surface area contributed by atoms with Gasteiger partial charge in [0.25, 0.3) is 0 Å². The molecule has 0 spiro atoms. The minimum atomic E-state index is -0.858. The first-order chi connectivity index (χ1) is 20.6. The Bertz CT molecular complexity index is 1700. The number of nitrogens with one attached hydrogen (secondary N) is 1. The average molecular weight is 599 g/mol. The summed E-state index contributed by atoms with van der Waals surface area (Å²) < 4.78 is 14.0. The molecular weight excluding hydrogens is 569 g/mol. The molecular formula is C32H30N4O4S2. The molecule has 0 bridgehead atoms. The number of ether oxygens (including phenoxy) is 2. The molecule has 3 heterocycles. The number of fused-ring (bicyclic) bond motifs is 1. The lowest BCUT2D eigenvalue weighted by Crippen LogP contribution is -2.38. The number of anilines is 1. The van der Waals surface area contributed by atoms with Crippen LogP contribution in [0.5, 0.6) is 5.75 Å². The Hall–Kier alpha value is -3.70. The van der Waals surface area contributed by atoms with Gasteiger partial charge in [-0.25, -0.2) is 4.98 Å². The monoisotopic (exact) mass is 598 g/mol. The summed E-state index contributed by atoms with van der Waals surface area (Å²) in [6, 6.07) is 28.3. The van der Waals surface area contributed by atoms with Crippen LogP contribution in [0.4, 0.5) is 5.95 Å². The van der Waals surface area contributed by atoms with E-state index < -0.39 is 17.9 Å². The summed E-state index contributed by atoms with van der Waals surface area (Å²) >= 11 is 2.66. The molecule has 0 radical (unpaired) electrons. The van der Waals surface area contributed by atoms with Gasteiger partial charge in [-0.3, -0.25) is 9.36 Å². The highest BCUT2D eigenvalue weighted by molar-refractivity contribution is 8.00.